The highest BCUT2D eigenvalue weighted by atomic mass is 16.6. The van der Waals surface area contributed by atoms with E-state index in [0.29, 0.717) is 13.2 Å². The second kappa shape index (κ2) is 5.73. The third kappa shape index (κ3) is 2.74. The van der Waals surface area contributed by atoms with Crippen molar-refractivity contribution in [2.24, 2.45) is 5.92 Å². The minimum atomic E-state index is -0.000994. The van der Waals surface area contributed by atoms with Crippen molar-refractivity contribution in [1.29, 1.82) is 0 Å². The van der Waals surface area contributed by atoms with Crippen LogP contribution < -0.4 is 14.8 Å². The smallest absolute Gasteiger partial charge is 0.223 e. The summed E-state index contributed by atoms with van der Waals surface area (Å²) in [5, 5.41) is 3.11. The number of hydrogen-bond donors (Lipinski definition) is 1. The minimum absolute atomic E-state index is 0.000994. The Bertz CT molecular complexity index is 494. The lowest BCUT2D eigenvalue weighted by Crippen LogP contribution is -2.31. The van der Waals surface area contributed by atoms with Gasteiger partial charge in [-0.05, 0) is 37.5 Å². The van der Waals surface area contributed by atoms with Crippen LogP contribution in [0.5, 0.6) is 11.5 Å². The minimum Gasteiger partial charge on any atom is -0.486 e. The largest absolute Gasteiger partial charge is 0.486 e. The van der Waals surface area contributed by atoms with Gasteiger partial charge in [0.25, 0.3) is 0 Å². The molecule has 1 fully saturated rings. The Kier molecular flexibility index (Phi) is 3.81. The summed E-state index contributed by atoms with van der Waals surface area (Å²) >= 11 is 0. The molecule has 108 valence electrons. The fourth-order valence-corrected chi connectivity index (χ4v) is 2.93. The molecule has 0 radical (unpaired) electrons. The van der Waals surface area contributed by atoms with Gasteiger partial charge in [-0.1, -0.05) is 18.9 Å². The van der Waals surface area contributed by atoms with Crippen LogP contribution in [0.4, 0.5) is 0 Å². The molecule has 1 aromatic carbocycles. The van der Waals surface area contributed by atoms with Crippen LogP contribution in [0.3, 0.4) is 0 Å². The molecule has 1 saturated carbocycles. The van der Waals surface area contributed by atoms with Crippen LogP contribution >= 0.6 is 0 Å². The van der Waals surface area contributed by atoms with Gasteiger partial charge in [-0.2, -0.15) is 0 Å². The van der Waals surface area contributed by atoms with Gasteiger partial charge in [0.05, 0.1) is 6.04 Å². The average Bonchev–Trinajstić information content (AvgIpc) is 3.01. The summed E-state index contributed by atoms with van der Waals surface area (Å²) in [6.07, 6.45) is 4.41. The molecule has 1 aromatic rings. The molecule has 0 saturated heterocycles. The lowest BCUT2D eigenvalue weighted by atomic mass is 10.0. The maximum absolute atomic E-state index is 12.2. The summed E-state index contributed by atoms with van der Waals surface area (Å²) in [5.41, 5.74) is 1.06. The predicted octanol–water partition coefficient (Wildman–Crippen LogP) is 2.83. The zero-order valence-corrected chi connectivity index (χ0v) is 11.9. The zero-order chi connectivity index (χ0) is 13.9. The van der Waals surface area contributed by atoms with Gasteiger partial charge in [0, 0.05) is 5.92 Å². The number of nitrogens with one attached hydrogen (secondary N) is 1. The zero-order valence-electron chi connectivity index (χ0n) is 11.9. The Morgan fingerprint density at radius 2 is 1.90 bits per heavy atom. The van der Waals surface area contributed by atoms with Crippen LogP contribution in [0.2, 0.25) is 0 Å². The van der Waals surface area contributed by atoms with E-state index < -0.39 is 0 Å². The first-order chi connectivity index (χ1) is 9.74. The SMILES string of the molecule is C[C@H](NC(=O)C1CCCC1)c1ccc2c(c1)OCCO2. The van der Waals surface area contributed by atoms with Gasteiger partial charge in [0.15, 0.2) is 11.5 Å². The van der Waals surface area contributed by atoms with Crippen LogP contribution in [0.25, 0.3) is 0 Å². The Labute approximate surface area is 119 Å². The van der Waals surface area contributed by atoms with Crippen LogP contribution in [0.1, 0.15) is 44.2 Å². The number of amides is 1. The third-order valence-corrected chi connectivity index (χ3v) is 4.15. The summed E-state index contributed by atoms with van der Waals surface area (Å²) in [7, 11) is 0. The van der Waals surface area contributed by atoms with Crippen LogP contribution in [-0.4, -0.2) is 19.1 Å². The van der Waals surface area contributed by atoms with E-state index in [0.717, 1.165) is 29.9 Å². The van der Waals surface area contributed by atoms with E-state index in [9.17, 15) is 4.79 Å². The lowest BCUT2D eigenvalue weighted by molar-refractivity contribution is -0.125. The van der Waals surface area contributed by atoms with Gasteiger partial charge < -0.3 is 14.8 Å². The second-order valence-corrected chi connectivity index (χ2v) is 5.61. The first-order valence-electron chi connectivity index (χ1n) is 7.44. The van der Waals surface area contributed by atoms with Crippen LogP contribution in [-0.2, 0) is 4.79 Å². The normalized spacial score (nSPS) is 19.6. The van der Waals surface area contributed by atoms with E-state index in [-0.39, 0.29) is 17.9 Å². The van der Waals surface area contributed by atoms with Crippen molar-refractivity contribution < 1.29 is 14.3 Å². The average molecular weight is 275 g/mol. The van der Waals surface area contributed by atoms with Gasteiger partial charge in [-0.25, -0.2) is 0 Å². The molecule has 3 rings (SSSR count). The highest BCUT2D eigenvalue weighted by Gasteiger charge is 2.24. The molecule has 4 heteroatoms. The van der Waals surface area contributed by atoms with Gasteiger partial charge in [0.2, 0.25) is 5.91 Å². The van der Waals surface area contributed by atoms with Crippen molar-refractivity contribution in [3.8, 4) is 11.5 Å². The molecule has 1 amide bonds. The maximum Gasteiger partial charge on any atom is 0.223 e. The van der Waals surface area contributed by atoms with Crippen LogP contribution in [0.15, 0.2) is 18.2 Å². The highest BCUT2D eigenvalue weighted by molar-refractivity contribution is 5.79. The molecule has 1 aliphatic heterocycles. The second-order valence-electron chi connectivity index (χ2n) is 5.61. The molecule has 2 aliphatic rings. The van der Waals surface area contributed by atoms with Crippen molar-refractivity contribution in [2.75, 3.05) is 13.2 Å². The summed E-state index contributed by atoms with van der Waals surface area (Å²) in [6, 6.07) is 5.88. The van der Waals surface area contributed by atoms with Crippen molar-refractivity contribution in [1.82, 2.24) is 5.32 Å². The molecule has 0 bridgehead atoms. The van der Waals surface area contributed by atoms with Gasteiger partial charge in [-0.15, -0.1) is 0 Å². The van der Waals surface area contributed by atoms with E-state index in [4.69, 9.17) is 9.47 Å². The Morgan fingerprint density at radius 1 is 1.20 bits per heavy atom. The lowest BCUT2D eigenvalue weighted by Gasteiger charge is -2.22. The molecule has 1 aliphatic carbocycles. The Balaban J connectivity index is 1.67. The van der Waals surface area contributed by atoms with E-state index in [2.05, 4.69) is 5.32 Å². The topological polar surface area (TPSA) is 47.6 Å². The molecule has 4 nitrogen and oxygen atoms in total. The van der Waals surface area contributed by atoms with E-state index in [1.165, 1.54) is 12.8 Å². The number of hydrogen-bond acceptors (Lipinski definition) is 3. The van der Waals surface area contributed by atoms with Gasteiger partial charge in [-0.3, -0.25) is 4.79 Å². The number of carbonyl (C=O) groups is 1. The number of rotatable bonds is 3. The number of fused-ring (bicyclic) bond motifs is 1. The summed E-state index contributed by atoms with van der Waals surface area (Å²) in [4.78, 5) is 12.2. The monoisotopic (exact) mass is 275 g/mol. The first kappa shape index (κ1) is 13.3. The molecular weight excluding hydrogens is 254 g/mol. The third-order valence-electron chi connectivity index (χ3n) is 4.15. The molecule has 0 unspecified atom stereocenters. The number of carbonyl (C=O) groups excluding carboxylic acids is 1. The number of benzene rings is 1. The molecular formula is C16H21NO3. The molecule has 0 spiro atoms. The quantitative estimate of drug-likeness (QED) is 0.922. The summed E-state index contributed by atoms with van der Waals surface area (Å²) in [6.45, 7) is 3.19. The standard InChI is InChI=1S/C16H21NO3/c1-11(17-16(18)12-4-2-3-5-12)13-6-7-14-15(10-13)20-9-8-19-14/h6-7,10-12H,2-5,8-9H2,1H3,(H,17,18)/t11-/m0/s1. The Morgan fingerprint density at radius 3 is 2.65 bits per heavy atom. The molecule has 20 heavy (non-hydrogen) atoms. The van der Waals surface area contributed by atoms with Gasteiger partial charge in [0.1, 0.15) is 13.2 Å². The summed E-state index contributed by atoms with van der Waals surface area (Å²) in [5.74, 6) is 1.95. The van der Waals surface area contributed by atoms with Crippen molar-refractivity contribution in [2.45, 2.75) is 38.6 Å². The Hall–Kier alpha value is -1.71. The van der Waals surface area contributed by atoms with Crippen LogP contribution in [0, 0.1) is 5.92 Å². The van der Waals surface area contributed by atoms with E-state index in [1.807, 2.05) is 25.1 Å². The summed E-state index contributed by atoms with van der Waals surface area (Å²) < 4.78 is 11.1. The maximum atomic E-state index is 12.2. The predicted molar refractivity (Wildman–Crippen MR) is 75.9 cm³/mol. The fraction of sp³-hybridized carbons (Fsp3) is 0.562. The first-order valence-corrected chi connectivity index (χ1v) is 7.44. The van der Waals surface area contributed by atoms with E-state index in [1.54, 1.807) is 0 Å². The fourth-order valence-electron chi connectivity index (χ4n) is 2.93. The molecule has 0 aromatic heterocycles. The van der Waals surface area contributed by atoms with Gasteiger partial charge >= 0.3 is 0 Å². The van der Waals surface area contributed by atoms with Crippen molar-refractivity contribution >= 4 is 5.91 Å². The highest BCUT2D eigenvalue weighted by Crippen LogP contribution is 2.33. The van der Waals surface area contributed by atoms with Crippen molar-refractivity contribution in [3.63, 3.8) is 0 Å². The van der Waals surface area contributed by atoms with E-state index >= 15 is 0 Å². The molecule has 1 N–H and O–H groups in total. The molecule has 1 atom stereocenters. The molecule has 1 heterocycles. The van der Waals surface area contributed by atoms with Crippen molar-refractivity contribution in [3.05, 3.63) is 23.8 Å². The number of ether oxygens (including phenoxy) is 2.